The maximum atomic E-state index is 13.5. The first-order valence-electron chi connectivity index (χ1n) is 7.99. The number of hydrogen-bond donors (Lipinski definition) is 3. The molecule has 0 atom stereocenters. The molecule has 5 nitrogen and oxygen atoms in total. The fourth-order valence-electron chi connectivity index (χ4n) is 2.88. The van der Waals surface area contributed by atoms with Gasteiger partial charge in [0.05, 0.1) is 5.69 Å². The number of aromatic nitrogens is 2. The SMILES string of the molecule is Nc1nc(NCCCc2ccccc2F)cc(C2CC(N)C2)n1. The maximum Gasteiger partial charge on any atom is 0.222 e. The molecule has 6 heteroatoms. The van der Waals surface area contributed by atoms with Gasteiger partial charge in [-0.3, -0.25) is 0 Å². The van der Waals surface area contributed by atoms with E-state index < -0.39 is 0 Å². The van der Waals surface area contributed by atoms with Crippen molar-refractivity contribution in [2.45, 2.75) is 37.6 Å². The van der Waals surface area contributed by atoms with Crippen molar-refractivity contribution in [2.24, 2.45) is 5.73 Å². The van der Waals surface area contributed by atoms with Gasteiger partial charge in [0.1, 0.15) is 11.6 Å². The highest BCUT2D eigenvalue weighted by Gasteiger charge is 2.29. The summed E-state index contributed by atoms with van der Waals surface area (Å²) in [6, 6.07) is 9.07. The number of nitrogens with one attached hydrogen (secondary N) is 1. The molecular formula is C17H22FN5. The van der Waals surface area contributed by atoms with Gasteiger partial charge in [-0.2, -0.15) is 4.98 Å². The molecule has 1 fully saturated rings. The smallest absolute Gasteiger partial charge is 0.222 e. The number of hydrogen-bond acceptors (Lipinski definition) is 5. The van der Waals surface area contributed by atoms with E-state index in [1.54, 1.807) is 6.07 Å². The Labute approximate surface area is 135 Å². The lowest BCUT2D eigenvalue weighted by Crippen LogP contribution is -2.35. The van der Waals surface area contributed by atoms with Gasteiger partial charge in [0.15, 0.2) is 0 Å². The molecule has 23 heavy (non-hydrogen) atoms. The number of halogens is 1. The van der Waals surface area contributed by atoms with E-state index in [-0.39, 0.29) is 17.8 Å². The molecule has 3 rings (SSSR count). The van der Waals surface area contributed by atoms with Crippen LogP contribution in [0.4, 0.5) is 16.2 Å². The van der Waals surface area contributed by atoms with Crippen LogP contribution in [-0.4, -0.2) is 22.6 Å². The van der Waals surface area contributed by atoms with Crippen LogP contribution in [0.5, 0.6) is 0 Å². The highest BCUT2D eigenvalue weighted by molar-refractivity contribution is 5.42. The third-order valence-electron chi connectivity index (χ3n) is 4.24. The van der Waals surface area contributed by atoms with Crippen LogP contribution in [0.2, 0.25) is 0 Å². The highest BCUT2D eigenvalue weighted by Crippen LogP contribution is 2.35. The van der Waals surface area contributed by atoms with Crippen LogP contribution >= 0.6 is 0 Å². The van der Waals surface area contributed by atoms with Gasteiger partial charge in [-0.15, -0.1) is 0 Å². The fraction of sp³-hybridized carbons (Fsp3) is 0.412. The molecule has 2 aromatic rings. The molecule has 1 aromatic heterocycles. The Bertz CT molecular complexity index is 670. The maximum absolute atomic E-state index is 13.5. The third kappa shape index (κ3) is 3.96. The second kappa shape index (κ2) is 6.91. The number of aryl methyl sites for hydroxylation is 1. The lowest BCUT2D eigenvalue weighted by molar-refractivity contribution is 0.345. The van der Waals surface area contributed by atoms with E-state index in [1.807, 2.05) is 18.2 Å². The predicted molar refractivity (Wildman–Crippen MR) is 89.6 cm³/mol. The molecule has 5 N–H and O–H groups in total. The van der Waals surface area contributed by atoms with Crippen molar-refractivity contribution in [3.8, 4) is 0 Å². The summed E-state index contributed by atoms with van der Waals surface area (Å²) in [7, 11) is 0. The van der Waals surface area contributed by atoms with Crippen LogP contribution in [0.1, 0.15) is 36.4 Å². The molecule has 1 saturated carbocycles. The lowest BCUT2D eigenvalue weighted by atomic mass is 9.78. The molecule has 1 aromatic carbocycles. The molecule has 0 saturated heterocycles. The Morgan fingerprint density at radius 3 is 2.74 bits per heavy atom. The molecule has 1 heterocycles. The first-order chi connectivity index (χ1) is 11.1. The monoisotopic (exact) mass is 315 g/mol. The third-order valence-corrected chi connectivity index (χ3v) is 4.24. The van der Waals surface area contributed by atoms with Gasteiger partial charge in [-0.1, -0.05) is 18.2 Å². The van der Waals surface area contributed by atoms with Gasteiger partial charge in [0.2, 0.25) is 5.95 Å². The van der Waals surface area contributed by atoms with Gasteiger partial charge in [0.25, 0.3) is 0 Å². The zero-order chi connectivity index (χ0) is 16.2. The van der Waals surface area contributed by atoms with E-state index in [1.165, 1.54) is 6.07 Å². The topological polar surface area (TPSA) is 89.8 Å². The summed E-state index contributed by atoms with van der Waals surface area (Å²) in [5.41, 5.74) is 13.3. The quantitative estimate of drug-likeness (QED) is 0.712. The van der Waals surface area contributed by atoms with E-state index in [0.29, 0.717) is 18.9 Å². The van der Waals surface area contributed by atoms with Gasteiger partial charge >= 0.3 is 0 Å². The van der Waals surface area contributed by atoms with Crippen LogP contribution < -0.4 is 16.8 Å². The number of rotatable bonds is 6. The van der Waals surface area contributed by atoms with Crippen molar-refractivity contribution in [1.29, 1.82) is 0 Å². The molecule has 1 aliphatic rings. The van der Waals surface area contributed by atoms with Crippen LogP contribution in [0.25, 0.3) is 0 Å². The molecule has 0 amide bonds. The standard InChI is InChI=1S/C17H22FN5/c18-14-6-2-1-4-11(14)5-3-7-21-16-10-15(22-17(20)23-16)12-8-13(19)9-12/h1-2,4,6,10,12-13H,3,5,7-9,19H2,(H3,20,21,22,23). The Morgan fingerprint density at radius 1 is 1.22 bits per heavy atom. The number of nitrogens with two attached hydrogens (primary N) is 2. The summed E-state index contributed by atoms with van der Waals surface area (Å²) in [5, 5.41) is 3.25. The predicted octanol–water partition coefficient (Wildman–Crippen LogP) is 2.45. The average Bonchev–Trinajstić information content (AvgIpc) is 2.49. The molecule has 122 valence electrons. The Kier molecular flexibility index (Phi) is 4.71. The average molecular weight is 315 g/mol. The number of nitrogens with zero attached hydrogens (tertiary/aromatic N) is 2. The molecule has 1 aliphatic carbocycles. The minimum Gasteiger partial charge on any atom is -0.370 e. The molecule has 0 bridgehead atoms. The zero-order valence-corrected chi connectivity index (χ0v) is 13.0. The first kappa shape index (κ1) is 15.7. The number of nitrogen functional groups attached to an aromatic ring is 1. The highest BCUT2D eigenvalue weighted by atomic mass is 19.1. The first-order valence-corrected chi connectivity index (χ1v) is 7.99. The largest absolute Gasteiger partial charge is 0.370 e. The molecule has 0 spiro atoms. The van der Waals surface area contributed by atoms with Crippen molar-refractivity contribution in [2.75, 3.05) is 17.6 Å². The molecular weight excluding hydrogens is 293 g/mol. The second-order valence-corrected chi connectivity index (χ2v) is 6.09. The Balaban J connectivity index is 1.53. The van der Waals surface area contributed by atoms with Crippen molar-refractivity contribution in [3.05, 3.63) is 47.4 Å². The van der Waals surface area contributed by atoms with Crippen molar-refractivity contribution in [1.82, 2.24) is 9.97 Å². The van der Waals surface area contributed by atoms with E-state index in [0.717, 1.165) is 36.3 Å². The molecule has 0 aliphatic heterocycles. The minimum atomic E-state index is -0.151. The number of anilines is 2. The Hall–Kier alpha value is -2.21. The second-order valence-electron chi connectivity index (χ2n) is 6.09. The van der Waals surface area contributed by atoms with Crippen molar-refractivity contribution < 1.29 is 4.39 Å². The normalized spacial score (nSPS) is 20.1. The zero-order valence-electron chi connectivity index (χ0n) is 13.0. The minimum absolute atomic E-state index is 0.151. The summed E-state index contributed by atoms with van der Waals surface area (Å²) >= 11 is 0. The van der Waals surface area contributed by atoms with Gasteiger partial charge < -0.3 is 16.8 Å². The Morgan fingerprint density at radius 2 is 2.00 bits per heavy atom. The summed E-state index contributed by atoms with van der Waals surface area (Å²) in [4.78, 5) is 8.51. The lowest BCUT2D eigenvalue weighted by Gasteiger charge is -2.32. The van der Waals surface area contributed by atoms with E-state index in [9.17, 15) is 4.39 Å². The van der Waals surface area contributed by atoms with Crippen LogP contribution in [-0.2, 0) is 6.42 Å². The summed E-state index contributed by atoms with van der Waals surface area (Å²) in [6.07, 6.45) is 3.39. The fourth-order valence-corrected chi connectivity index (χ4v) is 2.88. The van der Waals surface area contributed by atoms with E-state index >= 15 is 0 Å². The van der Waals surface area contributed by atoms with Gasteiger partial charge in [-0.25, -0.2) is 9.37 Å². The summed E-state index contributed by atoms with van der Waals surface area (Å²) < 4.78 is 13.5. The van der Waals surface area contributed by atoms with Crippen LogP contribution in [0.15, 0.2) is 30.3 Å². The molecule has 0 radical (unpaired) electrons. The van der Waals surface area contributed by atoms with Crippen LogP contribution in [0, 0.1) is 5.82 Å². The van der Waals surface area contributed by atoms with Gasteiger partial charge in [0, 0.05) is 24.6 Å². The molecule has 0 unspecified atom stereocenters. The number of benzene rings is 1. The van der Waals surface area contributed by atoms with Gasteiger partial charge in [-0.05, 0) is 37.3 Å². The van der Waals surface area contributed by atoms with Crippen LogP contribution in [0.3, 0.4) is 0 Å². The van der Waals surface area contributed by atoms with E-state index in [4.69, 9.17) is 11.5 Å². The van der Waals surface area contributed by atoms with Crippen molar-refractivity contribution >= 4 is 11.8 Å². The summed E-state index contributed by atoms with van der Waals surface area (Å²) in [6.45, 7) is 0.703. The van der Waals surface area contributed by atoms with Crippen molar-refractivity contribution in [3.63, 3.8) is 0 Å². The van der Waals surface area contributed by atoms with E-state index in [2.05, 4.69) is 15.3 Å². The summed E-state index contributed by atoms with van der Waals surface area (Å²) in [5.74, 6) is 1.23.